The fraction of sp³-hybridized carbons (Fsp3) is 0. The largest absolute Gasteiger partial charge is 0.323 e. The first-order valence-electron chi connectivity index (χ1n) is 19.7. The van der Waals surface area contributed by atoms with Gasteiger partial charge in [-0.15, -0.1) is 0 Å². The van der Waals surface area contributed by atoms with Crippen LogP contribution in [-0.4, -0.2) is 25.3 Å². The van der Waals surface area contributed by atoms with Gasteiger partial charge in [0.05, 0.1) is 33.4 Å². The SMILES string of the molecule is N=Cc1c(Nc2nc(-c3ccc(-c4ccccc4)cc3)c3ccccc3n2)ccc2c3cccc(-c4cccc5ccn(-c6ccccc6)c45)c3n(-c3ccccc3)c12. The Labute approximate surface area is 340 Å². The van der Waals surface area contributed by atoms with Crippen molar-refractivity contribution in [2.75, 3.05) is 5.32 Å². The van der Waals surface area contributed by atoms with Gasteiger partial charge in [-0.2, -0.15) is 0 Å². The minimum atomic E-state index is 0.463. The summed E-state index contributed by atoms with van der Waals surface area (Å²) in [5.74, 6) is 0.463. The van der Waals surface area contributed by atoms with Crippen molar-refractivity contribution in [2.45, 2.75) is 0 Å². The van der Waals surface area contributed by atoms with Gasteiger partial charge in [-0.1, -0.05) is 152 Å². The van der Waals surface area contributed by atoms with Crippen LogP contribution in [0, 0.1) is 5.41 Å². The zero-order valence-electron chi connectivity index (χ0n) is 31.9. The van der Waals surface area contributed by atoms with E-state index < -0.39 is 0 Å². The lowest BCUT2D eigenvalue weighted by molar-refractivity contribution is 1.13. The fourth-order valence-electron chi connectivity index (χ4n) is 8.63. The maximum Gasteiger partial charge on any atom is 0.228 e. The van der Waals surface area contributed by atoms with Crippen LogP contribution in [0.15, 0.2) is 200 Å². The summed E-state index contributed by atoms with van der Waals surface area (Å²) in [5.41, 5.74) is 14.0. The van der Waals surface area contributed by atoms with E-state index in [2.05, 4.69) is 184 Å². The van der Waals surface area contributed by atoms with Crippen molar-refractivity contribution in [3.05, 3.63) is 206 Å². The molecule has 0 saturated heterocycles. The molecule has 0 bridgehead atoms. The molecule has 6 nitrogen and oxygen atoms in total. The first-order valence-corrected chi connectivity index (χ1v) is 19.7. The number of aromatic nitrogens is 4. The zero-order chi connectivity index (χ0) is 39.3. The topological polar surface area (TPSA) is 71.5 Å². The van der Waals surface area contributed by atoms with Crippen LogP contribution in [0.4, 0.5) is 11.6 Å². The molecule has 0 aliphatic heterocycles. The van der Waals surface area contributed by atoms with Gasteiger partial charge < -0.3 is 19.9 Å². The Morgan fingerprint density at radius 1 is 0.458 bits per heavy atom. The highest BCUT2D eigenvalue weighted by Crippen LogP contribution is 2.43. The van der Waals surface area contributed by atoms with Gasteiger partial charge in [0.25, 0.3) is 0 Å². The van der Waals surface area contributed by atoms with Crippen LogP contribution in [-0.2, 0) is 0 Å². The lowest BCUT2D eigenvalue weighted by Crippen LogP contribution is -2.04. The highest BCUT2D eigenvalue weighted by molar-refractivity contribution is 6.20. The van der Waals surface area contributed by atoms with Crippen molar-refractivity contribution in [3.8, 4) is 44.9 Å². The molecule has 0 radical (unpaired) electrons. The third kappa shape index (κ3) is 5.77. The molecular weight excluding hydrogens is 721 g/mol. The molecule has 278 valence electrons. The lowest BCUT2D eigenvalue weighted by atomic mass is 9.99. The molecule has 0 saturated carbocycles. The predicted octanol–water partition coefficient (Wildman–Crippen LogP) is 13.4. The molecule has 0 fully saturated rings. The molecule has 0 aliphatic carbocycles. The van der Waals surface area contributed by atoms with Gasteiger partial charge in [0.15, 0.2) is 0 Å². The van der Waals surface area contributed by atoms with Gasteiger partial charge in [-0.3, -0.25) is 0 Å². The first kappa shape index (κ1) is 34.2. The third-order valence-corrected chi connectivity index (χ3v) is 11.3. The molecule has 3 aromatic heterocycles. The van der Waals surface area contributed by atoms with E-state index in [1.54, 1.807) is 0 Å². The molecule has 11 aromatic rings. The van der Waals surface area contributed by atoms with Crippen LogP contribution in [0.1, 0.15) is 5.56 Å². The van der Waals surface area contributed by atoms with Crippen LogP contribution >= 0.6 is 0 Å². The quantitative estimate of drug-likeness (QED) is 0.152. The number of fused-ring (bicyclic) bond motifs is 5. The number of para-hydroxylation sites is 5. The summed E-state index contributed by atoms with van der Waals surface area (Å²) in [7, 11) is 0. The van der Waals surface area contributed by atoms with E-state index in [1.165, 1.54) is 17.2 Å². The Balaban J connectivity index is 1.10. The molecule has 59 heavy (non-hydrogen) atoms. The number of rotatable bonds is 8. The van der Waals surface area contributed by atoms with E-state index in [0.29, 0.717) is 5.95 Å². The van der Waals surface area contributed by atoms with E-state index in [9.17, 15) is 0 Å². The van der Waals surface area contributed by atoms with Gasteiger partial charge >= 0.3 is 0 Å². The summed E-state index contributed by atoms with van der Waals surface area (Å²) < 4.78 is 4.60. The van der Waals surface area contributed by atoms with Crippen LogP contribution in [0.5, 0.6) is 0 Å². The molecule has 0 aliphatic rings. The van der Waals surface area contributed by atoms with Gasteiger partial charge in [0.1, 0.15) is 0 Å². The third-order valence-electron chi connectivity index (χ3n) is 11.3. The zero-order valence-corrected chi connectivity index (χ0v) is 31.9. The van der Waals surface area contributed by atoms with Crippen molar-refractivity contribution < 1.29 is 0 Å². The molecule has 0 amide bonds. The van der Waals surface area contributed by atoms with Gasteiger partial charge in [-0.05, 0) is 53.6 Å². The molecule has 8 aromatic carbocycles. The molecule has 3 heterocycles. The highest BCUT2D eigenvalue weighted by atomic mass is 15.1. The summed E-state index contributed by atoms with van der Waals surface area (Å²) in [5, 5.41) is 16.8. The molecule has 2 N–H and O–H groups in total. The minimum Gasteiger partial charge on any atom is -0.323 e. The van der Waals surface area contributed by atoms with E-state index in [-0.39, 0.29) is 0 Å². The van der Waals surface area contributed by atoms with Crippen molar-refractivity contribution in [1.29, 1.82) is 5.41 Å². The summed E-state index contributed by atoms with van der Waals surface area (Å²) in [4.78, 5) is 10.2. The van der Waals surface area contributed by atoms with Crippen molar-refractivity contribution in [3.63, 3.8) is 0 Å². The number of benzene rings is 8. The molecular formula is C53H36N6. The predicted molar refractivity (Wildman–Crippen MR) is 245 cm³/mol. The second-order valence-corrected chi connectivity index (χ2v) is 14.7. The van der Waals surface area contributed by atoms with Crippen LogP contribution < -0.4 is 5.32 Å². The number of nitrogens with one attached hydrogen (secondary N) is 2. The van der Waals surface area contributed by atoms with E-state index >= 15 is 0 Å². The summed E-state index contributed by atoms with van der Waals surface area (Å²) in [6, 6.07) is 67.5. The number of hydrogen-bond acceptors (Lipinski definition) is 4. The Morgan fingerprint density at radius 3 is 1.83 bits per heavy atom. The average molecular weight is 757 g/mol. The maximum absolute atomic E-state index is 8.97. The minimum absolute atomic E-state index is 0.463. The Bertz CT molecular complexity index is 3350. The second kappa shape index (κ2) is 14.1. The average Bonchev–Trinajstić information content (AvgIpc) is 3.90. The van der Waals surface area contributed by atoms with Gasteiger partial charge in [0.2, 0.25) is 5.95 Å². The number of hydrogen-bond donors (Lipinski definition) is 2. The molecule has 0 atom stereocenters. The van der Waals surface area contributed by atoms with Gasteiger partial charge in [-0.25, -0.2) is 9.97 Å². The van der Waals surface area contributed by atoms with Crippen molar-refractivity contribution in [2.24, 2.45) is 0 Å². The molecule has 6 heteroatoms. The van der Waals surface area contributed by atoms with E-state index in [1.807, 2.05) is 30.3 Å². The molecule has 0 spiro atoms. The normalized spacial score (nSPS) is 11.5. The Morgan fingerprint density at radius 2 is 1.07 bits per heavy atom. The van der Waals surface area contributed by atoms with Crippen molar-refractivity contribution in [1.82, 2.24) is 19.1 Å². The standard InChI is InChI=1S/C53H36N6/c54-34-46-48(56-53-55-47-25-11-10-21-45(47)49(57-53)37-28-26-36(27-29-37)35-14-4-1-5-15-35)31-30-44-43-24-13-23-42(51(43)59(52(44)46)40-19-8-3-9-20-40)41-22-12-16-38-32-33-58(50(38)41)39-17-6-2-7-18-39/h1-34,54H,(H,55,56,57). The summed E-state index contributed by atoms with van der Waals surface area (Å²) in [6.45, 7) is 0. The number of anilines is 2. The van der Waals surface area contributed by atoms with Gasteiger partial charge in [0, 0.05) is 67.6 Å². The highest BCUT2D eigenvalue weighted by Gasteiger charge is 2.22. The summed E-state index contributed by atoms with van der Waals surface area (Å²) in [6.07, 6.45) is 3.61. The second-order valence-electron chi connectivity index (χ2n) is 14.7. The lowest BCUT2D eigenvalue weighted by Gasteiger charge is -2.16. The monoisotopic (exact) mass is 756 g/mol. The van der Waals surface area contributed by atoms with Crippen LogP contribution in [0.25, 0.3) is 88.5 Å². The number of nitrogens with zero attached hydrogens (tertiary/aromatic N) is 4. The molecule has 0 unspecified atom stereocenters. The smallest absolute Gasteiger partial charge is 0.228 e. The fourth-order valence-corrected chi connectivity index (χ4v) is 8.63. The first-order chi connectivity index (χ1) is 29.2. The summed E-state index contributed by atoms with van der Waals surface area (Å²) >= 11 is 0. The Kier molecular flexibility index (Phi) is 8.19. The maximum atomic E-state index is 8.97. The van der Waals surface area contributed by atoms with Crippen LogP contribution in [0.2, 0.25) is 0 Å². The van der Waals surface area contributed by atoms with E-state index in [4.69, 9.17) is 15.4 Å². The Hall–Kier alpha value is -8.09. The van der Waals surface area contributed by atoms with Crippen LogP contribution in [0.3, 0.4) is 0 Å². The van der Waals surface area contributed by atoms with Crippen molar-refractivity contribution >= 4 is 61.5 Å². The molecule has 11 rings (SSSR count). The van der Waals surface area contributed by atoms with E-state index in [0.717, 1.165) is 88.8 Å².